The fourth-order valence-corrected chi connectivity index (χ4v) is 3.63. The molecule has 0 unspecified atom stereocenters. The van der Waals surface area contributed by atoms with Crippen LogP contribution >= 0.6 is 11.3 Å². The number of aromatic nitrogens is 2. The summed E-state index contributed by atoms with van der Waals surface area (Å²) in [6.45, 7) is 3.39. The van der Waals surface area contributed by atoms with E-state index in [-0.39, 0.29) is 46.6 Å². The van der Waals surface area contributed by atoms with Crippen LogP contribution in [0, 0.1) is 17.0 Å². The van der Waals surface area contributed by atoms with Gasteiger partial charge in [-0.3, -0.25) is 19.6 Å². The second-order valence-corrected chi connectivity index (χ2v) is 6.83. The third-order valence-electron chi connectivity index (χ3n) is 3.92. The molecule has 0 saturated carbocycles. The van der Waals surface area contributed by atoms with E-state index < -0.39 is 22.8 Å². The van der Waals surface area contributed by atoms with Gasteiger partial charge in [-0.25, -0.2) is 9.59 Å². The van der Waals surface area contributed by atoms with E-state index >= 15 is 0 Å². The third kappa shape index (κ3) is 4.92. The Morgan fingerprint density at radius 3 is 2.53 bits per heavy atom. The molecule has 0 fully saturated rings. The van der Waals surface area contributed by atoms with Crippen molar-refractivity contribution in [2.45, 2.75) is 26.8 Å². The monoisotopic (exact) mass is 440 g/mol. The molecule has 0 saturated heterocycles. The van der Waals surface area contributed by atoms with Gasteiger partial charge in [0.2, 0.25) is 5.91 Å². The molecule has 0 aliphatic carbocycles. The second kappa shape index (κ2) is 9.82. The zero-order valence-corrected chi connectivity index (χ0v) is 17.5. The number of esters is 2. The Morgan fingerprint density at radius 1 is 1.30 bits per heavy atom. The van der Waals surface area contributed by atoms with Crippen molar-refractivity contribution in [1.82, 2.24) is 9.78 Å². The SMILES string of the molecule is CCOC(=O)c1sc(NC(=O)CCn2cc([N+](=O)[O-])c(OC)n2)c(C(=O)OC)c1C. The number of thiophene rings is 1. The first-order valence-corrected chi connectivity index (χ1v) is 9.49. The fraction of sp³-hybridized carbons (Fsp3) is 0.412. The van der Waals surface area contributed by atoms with Gasteiger partial charge in [-0.15, -0.1) is 16.4 Å². The summed E-state index contributed by atoms with van der Waals surface area (Å²) in [7, 11) is 2.44. The van der Waals surface area contributed by atoms with Crippen LogP contribution in [0.3, 0.4) is 0 Å². The molecule has 0 bridgehead atoms. The predicted octanol–water partition coefficient (Wildman–Crippen LogP) is 2.16. The predicted molar refractivity (Wildman–Crippen MR) is 105 cm³/mol. The lowest BCUT2D eigenvalue weighted by Gasteiger charge is -2.06. The van der Waals surface area contributed by atoms with Crippen LogP contribution in [0.1, 0.15) is 38.9 Å². The topological polar surface area (TPSA) is 152 Å². The maximum atomic E-state index is 12.4. The average molecular weight is 440 g/mol. The van der Waals surface area contributed by atoms with Crippen LogP contribution in [0.5, 0.6) is 5.88 Å². The number of methoxy groups -OCH3 is 2. The molecule has 0 aliphatic rings. The van der Waals surface area contributed by atoms with Crippen molar-refractivity contribution in [2.75, 3.05) is 26.1 Å². The van der Waals surface area contributed by atoms with Crippen molar-refractivity contribution in [1.29, 1.82) is 0 Å². The summed E-state index contributed by atoms with van der Waals surface area (Å²) in [4.78, 5) is 47.1. The van der Waals surface area contributed by atoms with E-state index in [2.05, 4.69) is 10.4 Å². The number of carbonyl (C=O) groups excluding carboxylic acids is 3. The van der Waals surface area contributed by atoms with Crippen LogP contribution in [0.2, 0.25) is 0 Å². The molecule has 0 atom stereocenters. The molecule has 162 valence electrons. The number of aryl methyl sites for hydroxylation is 1. The lowest BCUT2D eigenvalue weighted by Crippen LogP contribution is -2.16. The van der Waals surface area contributed by atoms with Crippen molar-refractivity contribution >= 4 is 39.9 Å². The number of carbonyl (C=O) groups is 3. The Morgan fingerprint density at radius 2 is 2.00 bits per heavy atom. The van der Waals surface area contributed by atoms with Crippen molar-refractivity contribution < 1.29 is 33.5 Å². The van der Waals surface area contributed by atoms with E-state index in [0.29, 0.717) is 5.56 Å². The van der Waals surface area contributed by atoms with Gasteiger partial charge < -0.3 is 19.5 Å². The van der Waals surface area contributed by atoms with Gasteiger partial charge in [0.15, 0.2) is 0 Å². The third-order valence-corrected chi connectivity index (χ3v) is 5.11. The number of ether oxygens (including phenoxy) is 3. The lowest BCUT2D eigenvalue weighted by atomic mass is 10.1. The summed E-state index contributed by atoms with van der Waals surface area (Å²) >= 11 is 0.903. The first-order chi connectivity index (χ1) is 14.2. The zero-order chi connectivity index (χ0) is 22.4. The molecule has 2 rings (SSSR count). The highest BCUT2D eigenvalue weighted by Crippen LogP contribution is 2.34. The number of hydrogen-bond donors (Lipinski definition) is 1. The minimum atomic E-state index is -0.706. The minimum Gasteiger partial charge on any atom is -0.475 e. The van der Waals surface area contributed by atoms with Gasteiger partial charge in [0, 0.05) is 6.42 Å². The maximum absolute atomic E-state index is 12.4. The maximum Gasteiger partial charge on any atom is 0.350 e. The number of hydrogen-bond acceptors (Lipinski definition) is 10. The van der Waals surface area contributed by atoms with Gasteiger partial charge in [-0.05, 0) is 19.4 Å². The molecular formula is C17H20N4O8S. The molecule has 1 N–H and O–H groups in total. The average Bonchev–Trinajstić information content (AvgIpc) is 3.27. The first-order valence-electron chi connectivity index (χ1n) is 8.67. The van der Waals surface area contributed by atoms with Gasteiger partial charge in [0.25, 0.3) is 0 Å². The highest BCUT2D eigenvalue weighted by Gasteiger charge is 2.27. The fourth-order valence-electron chi connectivity index (χ4n) is 2.52. The summed E-state index contributed by atoms with van der Waals surface area (Å²) < 4.78 is 15.8. The molecular weight excluding hydrogens is 420 g/mol. The number of amides is 1. The zero-order valence-electron chi connectivity index (χ0n) is 16.7. The summed E-state index contributed by atoms with van der Waals surface area (Å²) in [5.41, 5.74) is 0.0854. The number of nitro groups is 1. The van der Waals surface area contributed by atoms with E-state index in [4.69, 9.17) is 14.2 Å². The van der Waals surface area contributed by atoms with Crippen LogP contribution in [0.4, 0.5) is 10.7 Å². The number of rotatable bonds is 9. The molecule has 13 heteroatoms. The molecule has 0 aliphatic heterocycles. The first kappa shape index (κ1) is 22.8. The lowest BCUT2D eigenvalue weighted by molar-refractivity contribution is -0.385. The highest BCUT2D eigenvalue weighted by atomic mass is 32.1. The Kier molecular flexibility index (Phi) is 7.47. The van der Waals surface area contributed by atoms with Crippen LogP contribution in [-0.4, -0.2) is 53.4 Å². The van der Waals surface area contributed by atoms with Crippen LogP contribution in [0.25, 0.3) is 0 Å². The normalized spacial score (nSPS) is 10.4. The molecule has 2 aromatic rings. The summed E-state index contributed by atoms with van der Waals surface area (Å²) in [5.74, 6) is -1.97. The van der Waals surface area contributed by atoms with Crippen LogP contribution in [-0.2, 0) is 20.8 Å². The van der Waals surface area contributed by atoms with Gasteiger partial charge in [-0.1, -0.05) is 0 Å². The standard InChI is InChI=1S/C17H20N4O8S/c1-5-29-17(24)13-9(2)12(16(23)28-4)15(30-13)18-11(22)6-7-20-8-10(21(25)26)14(19-20)27-3/h8H,5-7H2,1-4H3,(H,18,22). The van der Waals surface area contributed by atoms with E-state index in [1.165, 1.54) is 18.9 Å². The van der Waals surface area contributed by atoms with Crippen molar-refractivity contribution in [3.8, 4) is 5.88 Å². The van der Waals surface area contributed by atoms with Gasteiger partial charge in [-0.2, -0.15) is 0 Å². The Labute approximate surface area is 174 Å². The molecule has 0 radical (unpaired) electrons. The van der Waals surface area contributed by atoms with Gasteiger partial charge >= 0.3 is 23.5 Å². The largest absolute Gasteiger partial charge is 0.475 e. The Bertz CT molecular complexity index is 981. The molecule has 30 heavy (non-hydrogen) atoms. The van der Waals surface area contributed by atoms with E-state index in [9.17, 15) is 24.5 Å². The van der Waals surface area contributed by atoms with Crippen LogP contribution in [0.15, 0.2) is 6.20 Å². The molecule has 1 amide bonds. The minimum absolute atomic E-state index is 0.0265. The van der Waals surface area contributed by atoms with E-state index in [1.807, 2.05) is 0 Å². The molecule has 2 aromatic heterocycles. The Hall–Kier alpha value is -3.48. The number of nitrogens with one attached hydrogen (secondary N) is 1. The molecule has 0 aromatic carbocycles. The summed E-state index contributed by atoms with van der Waals surface area (Å²) in [6, 6.07) is 0. The van der Waals surface area contributed by atoms with E-state index in [1.54, 1.807) is 13.8 Å². The highest BCUT2D eigenvalue weighted by molar-refractivity contribution is 7.18. The van der Waals surface area contributed by atoms with Crippen molar-refractivity contribution in [3.05, 3.63) is 32.3 Å². The quantitative estimate of drug-likeness (QED) is 0.351. The molecule has 2 heterocycles. The van der Waals surface area contributed by atoms with E-state index in [0.717, 1.165) is 17.5 Å². The van der Waals surface area contributed by atoms with Gasteiger partial charge in [0.05, 0.1) is 37.9 Å². The Balaban J connectivity index is 2.18. The number of anilines is 1. The van der Waals surface area contributed by atoms with Crippen molar-refractivity contribution in [3.63, 3.8) is 0 Å². The van der Waals surface area contributed by atoms with Gasteiger partial charge in [0.1, 0.15) is 16.1 Å². The summed E-state index contributed by atoms with van der Waals surface area (Å²) in [6.07, 6.45) is 1.05. The molecule has 0 spiro atoms. The molecule has 12 nitrogen and oxygen atoms in total. The number of nitrogens with zero attached hydrogens (tertiary/aromatic N) is 3. The smallest absolute Gasteiger partial charge is 0.350 e. The van der Waals surface area contributed by atoms with Crippen LogP contribution < -0.4 is 10.1 Å². The second-order valence-electron chi connectivity index (χ2n) is 5.81. The van der Waals surface area contributed by atoms with Crippen molar-refractivity contribution in [2.24, 2.45) is 0 Å². The summed E-state index contributed by atoms with van der Waals surface area (Å²) in [5, 5.41) is 17.6.